The van der Waals surface area contributed by atoms with Gasteiger partial charge >= 0.3 is 5.97 Å². The lowest BCUT2D eigenvalue weighted by Gasteiger charge is -2.65. The zero-order chi connectivity index (χ0) is 21.3. The van der Waals surface area contributed by atoms with Gasteiger partial charge in [0.2, 0.25) is 0 Å². The average molecular weight is 407 g/mol. The number of carbonyl (C=O) groups excluding carboxylic acids is 1. The van der Waals surface area contributed by atoms with Gasteiger partial charge in [0, 0.05) is 12.3 Å². The van der Waals surface area contributed by atoms with Gasteiger partial charge in [-0.2, -0.15) is 0 Å². The molecule has 6 aliphatic rings. The van der Waals surface area contributed by atoms with Crippen molar-refractivity contribution in [1.29, 1.82) is 0 Å². The number of fused-ring (bicyclic) bond motifs is 6. The van der Waals surface area contributed by atoms with Gasteiger partial charge in [0.05, 0.1) is 5.41 Å². The van der Waals surface area contributed by atoms with E-state index in [9.17, 15) is 4.79 Å². The van der Waals surface area contributed by atoms with Crippen LogP contribution in [0.3, 0.4) is 0 Å². The molecule has 5 aliphatic carbocycles. The lowest BCUT2D eigenvalue weighted by molar-refractivity contribution is -0.186. The van der Waals surface area contributed by atoms with Crippen molar-refractivity contribution in [2.24, 2.45) is 45.3 Å². The van der Waals surface area contributed by atoms with Crippen LogP contribution in [-0.4, -0.2) is 12.1 Å². The third kappa shape index (κ3) is 1.92. The van der Waals surface area contributed by atoms with Gasteiger partial charge < -0.3 is 4.74 Å². The van der Waals surface area contributed by atoms with E-state index in [4.69, 9.17) is 4.74 Å². The summed E-state index contributed by atoms with van der Waals surface area (Å²) < 4.78 is 6.24. The zero-order valence-electron chi connectivity index (χ0n) is 19.5. The fraction of sp³-hybridized carbons (Fsp3) is 0.750. The second kappa shape index (κ2) is 5.54. The molecule has 2 bridgehead atoms. The highest BCUT2D eigenvalue weighted by Gasteiger charge is 2.74. The SMILES string of the molecule is C=C(C)[C@@H]1CCC2=C1[C@H]1CC[C@@H]3[C@@]4(C)C=CC(C)(C)[C@@H]4CC[C@@]3(C)[C@]13C[C@H]2OC3=O. The van der Waals surface area contributed by atoms with Crippen LogP contribution in [0.1, 0.15) is 79.6 Å². The molecular weight excluding hydrogens is 368 g/mol. The average Bonchev–Trinajstić information content (AvgIpc) is 3.30. The summed E-state index contributed by atoms with van der Waals surface area (Å²) in [5.74, 6) is 2.25. The summed E-state index contributed by atoms with van der Waals surface area (Å²) in [5, 5.41) is 0. The number of hydrogen-bond donors (Lipinski definition) is 0. The molecule has 0 N–H and O–H groups in total. The summed E-state index contributed by atoms with van der Waals surface area (Å²) in [6, 6.07) is 0. The van der Waals surface area contributed by atoms with Crippen molar-refractivity contribution >= 4 is 5.97 Å². The Morgan fingerprint density at radius 3 is 2.57 bits per heavy atom. The molecule has 30 heavy (non-hydrogen) atoms. The molecule has 0 unspecified atom stereocenters. The second-order valence-corrected chi connectivity index (χ2v) is 12.7. The quantitative estimate of drug-likeness (QED) is 0.361. The van der Waals surface area contributed by atoms with Crippen molar-refractivity contribution in [3.05, 3.63) is 35.5 Å². The van der Waals surface area contributed by atoms with Crippen LogP contribution >= 0.6 is 0 Å². The van der Waals surface area contributed by atoms with E-state index in [2.05, 4.69) is 53.3 Å². The molecule has 162 valence electrons. The van der Waals surface area contributed by atoms with Gasteiger partial charge in [-0.3, -0.25) is 4.79 Å². The van der Waals surface area contributed by atoms with Crippen LogP contribution in [0, 0.1) is 45.3 Å². The van der Waals surface area contributed by atoms with Crippen molar-refractivity contribution in [1.82, 2.24) is 0 Å². The van der Waals surface area contributed by atoms with Crippen LogP contribution in [0.25, 0.3) is 0 Å². The predicted molar refractivity (Wildman–Crippen MR) is 120 cm³/mol. The van der Waals surface area contributed by atoms with Gasteiger partial charge in [-0.15, -0.1) is 0 Å². The standard InChI is InChI=1S/C28H38O2/c1-16(2)17-7-8-18-20-15-28(24(29)30-20)19(23(17)18)9-10-22-26(5)14-13-25(3,4)21(26)11-12-27(22,28)6/h13-14,17,19-22H,1,7-12,15H2,2-6H3/t17-,19+,20+,21-,22+,26-,27+,28+/m0/s1. The van der Waals surface area contributed by atoms with E-state index in [-0.39, 0.29) is 33.7 Å². The molecule has 0 aromatic carbocycles. The van der Waals surface area contributed by atoms with Crippen LogP contribution in [0.5, 0.6) is 0 Å². The van der Waals surface area contributed by atoms with Crippen molar-refractivity contribution in [2.45, 2.75) is 85.7 Å². The molecule has 0 aromatic heterocycles. The number of esters is 1. The summed E-state index contributed by atoms with van der Waals surface area (Å²) in [6.45, 7) is 16.4. The van der Waals surface area contributed by atoms with E-state index in [1.165, 1.54) is 36.8 Å². The normalized spacial score (nSPS) is 52.4. The Bertz CT molecular complexity index is 921. The molecule has 2 heteroatoms. The Morgan fingerprint density at radius 2 is 1.83 bits per heavy atom. The summed E-state index contributed by atoms with van der Waals surface area (Å²) >= 11 is 0. The first-order valence-electron chi connectivity index (χ1n) is 12.4. The van der Waals surface area contributed by atoms with Crippen LogP contribution < -0.4 is 0 Å². The maximum atomic E-state index is 13.8. The molecule has 1 spiro atoms. The number of carbonyl (C=O) groups is 1. The summed E-state index contributed by atoms with van der Waals surface area (Å²) in [6.07, 6.45) is 13.1. The van der Waals surface area contributed by atoms with Crippen LogP contribution in [0.4, 0.5) is 0 Å². The molecule has 6 rings (SSSR count). The Balaban J connectivity index is 1.50. The Hall–Kier alpha value is -1.31. The van der Waals surface area contributed by atoms with Gasteiger partial charge in [-0.1, -0.05) is 57.6 Å². The highest BCUT2D eigenvalue weighted by molar-refractivity contribution is 5.83. The van der Waals surface area contributed by atoms with Crippen molar-refractivity contribution in [3.63, 3.8) is 0 Å². The highest BCUT2D eigenvalue weighted by atomic mass is 16.6. The van der Waals surface area contributed by atoms with Gasteiger partial charge in [0.15, 0.2) is 0 Å². The van der Waals surface area contributed by atoms with Crippen LogP contribution in [0.15, 0.2) is 35.5 Å². The maximum absolute atomic E-state index is 13.8. The zero-order valence-corrected chi connectivity index (χ0v) is 19.5. The predicted octanol–water partition coefficient (Wildman–Crippen LogP) is 6.63. The molecule has 0 aromatic rings. The molecule has 1 heterocycles. The van der Waals surface area contributed by atoms with E-state index in [1.807, 2.05) is 0 Å². The third-order valence-electron chi connectivity index (χ3n) is 11.3. The second-order valence-electron chi connectivity index (χ2n) is 12.7. The molecule has 0 amide bonds. The van der Waals surface area contributed by atoms with Gasteiger partial charge in [0.25, 0.3) is 0 Å². The fourth-order valence-electron chi connectivity index (χ4n) is 10.1. The lowest BCUT2D eigenvalue weighted by atomic mass is 9.36. The first kappa shape index (κ1) is 19.4. The van der Waals surface area contributed by atoms with Crippen LogP contribution in [0.2, 0.25) is 0 Å². The molecule has 0 radical (unpaired) electrons. The molecule has 8 atom stereocenters. The third-order valence-corrected chi connectivity index (χ3v) is 11.3. The van der Waals surface area contributed by atoms with E-state index in [0.717, 1.165) is 19.3 Å². The smallest absolute Gasteiger partial charge is 0.314 e. The van der Waals surface area contributed by atoms with E-state index in [1.54, 1.807) is 5.57 Å². The van der Waals surface area contributed by atoms with Crippen molar-refractivity contribution < 1.29 is 9.53 Å². The fourth-order valence-corrected chi connectivity index (χ4v) is 10.1. The van der Waals surface area contributed by atoms with Gasteiger partial charge in [0.1, 0.15) is 6.10 Å². The molecule has 2 saturated carbocycles. The van der Waals surface area contributed by atoms with Gasteiger partial charge in [-0.25, -0.2) is 0 Å². The summed E-state index contributed by atoms with van der Waals surface area (Å²) in [7, 11) is 0. The number of ether oxygens (including phenoxy) is 1. The summed E-state index contributed by atoms with van der Waals surface area (Å²) in [5.41, 5.74) is 4.55. The lowest BCUT2D eigenvalue weighted by Crippen LogP contribution is -2.63. The number of rotatable bonds is 1. The highest BCUT2D eigenvalue weighted by Crippen LogP contribution is 2.76. The van der Waals surface area contributed by atoms with Crippen molar-refractivity contribution in [3.8, 4) is 0 Å². The Labute approximate surface area is 182 Å². The number of allylic oxidation sites excluding steroid dienone is 4. The molecule has 2 nitrogen and oxygen atoms in total. The van der Waals surface area contributed by atoms with E-state index in [0.29, 0.717) is 23.7 Å². The van der Waals surface area contributed by atoms with Crippen molar-refractivity contribution in [2.75, 3.05) is 0 Å². The van der Waals surface area contributed by atoms with Gasteiger partial charge in [-0.05, 0) is 85.0 Å². The molecular formula is C28H38O2. The molecule has 1 saturated heterocycles. The minimum absolute atomic E-state index is 0.0263. The minimum Gasteiger partial charge on any atom is -0.457 e. The molecule has 1 aliphatic heterocycles. The largest absolute Gasteiger partial charge is 0.457 e. The maximum Gasteiger partial charge on any atom is 0.314 e. The number of hydrogen-bond acceptors (Lipinski definition) is 2. The van der Waals surface area contributed by atoms with E-state index >= 15 is 0 Å². The Kier molecular flexibility index (Phi) is 3.58. The monoisotopic (exact) mass is 406 g/mol. The first-order chi connectivity index (χ1) is 14.1. The van der Waals surface area contributed by atoms with Crippen LogP contribution in [-0.2, 0) is 9.53 Å². The first-order valence-corrected chi connectivity index (χ1v) is 12.4. The van der Waals surface area contributed by atoms with E-state index < -0.39 is 0 Å². The Morgan fingerprint density at radius 1 is 1.07 bits per heavy atom. The topological polar surface area (TPSA) is 26.3 Å². The minimum atomic E-state index is -0.313. The summed E-state index contributed by atoms with van der Waals surface area (Å²) in [4.78, 5) is 13.8. The molecule has 3 fully saturated rings.